The van der Waals surface area contributed by atoms with Gasteiger partial charge in [-0.05, 0) is 44.8 Å². The maximum absolute atomic E-state index is 3.80. The second-order valence-corrected chi connectivity index (χ2v) is 6.50. The lowest BCUT2D eigenvalue weighted by Crippen LogP contribution is -2.50. The smallest absolute Gasteiger partial charge is 0.0480 e. The third kappa shape index (κ3) is 5.12. The van der Waals surface area contributed by atoms with Gasteiger partial charge in [-0.15, -0.1) is 0 Å². The van der Waals surface area contributed by atoms with Crippen LogP contribution in [-0.2, 0) is 0 Å². The number of likely N-dealkylation sites (N-methyl/N-ethyl adjacent to an activating group) is 1. The Morgan fingerprint density at radius 1 is 1.00 bits per heavy atom. The lowest BCUT2D eigenvalue weighted by atomic mass is 9.88. The molecule has 1 aromatic rings. The Balaban J connectivity index is 3.11. The number of benzene rings is 1. The van der Waals surface area contributed by atoms with Gasteiger partial charge in [-0.25, -0.2) is 0 Å². The topological polar surface area (TPSA) is 15.3 Å². The van der Waals surface area contributed by atoms with E-state index in [1.807, 2.05) is 0 Å². The molecule has 0 radical (unpaired) electrons. The van der Waals surface area contributed by atoms with Crippen molar-refractivity contribution >= 4 is 0 Å². The van der Waals surface area contributed by atoms with Crippen molar-refractivity contribution in [3.05, 3.63) is 35.9 Å². The minimum atomic E-state index is 0.397. The summed E-state index contributed by atoms with van der Waals surface area (Å²) in [5.74, 6) is 0.613. The van der Waals surface area contributed by atoms with Gasteiger partial charge in [0.25, 0.3) is 0 Å². The summed E-state index contributed by atoms with van der Waals surface area (Å²) in [6, 6.07) is 12.4. The van der Waals surface area contributed by atoms with E-state index in [0.29, 0.717) is 24.0 Å². The summed E-state index contributed by atoms with van der Waals surface area (Å²) in [6.45, 7) is 16.0. The summed E-state index contributed by atoms with van der Waals surface area (Å²) < 4.78 is 0. The zero-order valence-electron chi connectivity index (χ0n) is 14.8. The molecular formula is C19H34N2. The van der Waals surface area contributed by atoms with Gasteiger partial charge >= 0.3 is 0 Å². The number of rotatable bonds is 9. The third-order valence-corrected chi connectivity index (χ3v) is 4.21. The Hall–Kier alpha value is -0.860. The molecule has 2 heteroatoms. The lowest BCUT2D eigenvalue weighted by molar-refractivity contribution is 0.0916. The highest BCUT2D eigenvalue weighted by Gasteiger charge is 2.31. The van der Waals surface area contributed by atoms with Crippen LogP contribution in [0.2, 0.25) is 0 Å². The predicted molar refractivity (Wildman–Crippen MR) is 93.6 cm³/mol. The molecule has 0 saturated carbocycles. The number of hydrogen-bond acceptors (Lipinski definition) is 2. The monoisotopic (exact) mass is 290 g/mol. The first-order valence-electron chi connectivity index (χ1n) is 8.56. The molecule has 0 aliphatic carbocycles. The van der Waals surface area contributed by atoms with Gasteiger partial charge in [0.2, 0.25) is 0 Å². The Morgan fingerprint density at radius 2 is 1.62 bits per heavy atom. The maximum Gasteiger partial charge on any atom is 0.0480 e. The summed E-state index contributed by atoms with van der Waals surface area (Å²) >= 11 is 0. The lowest BCUT2D eigenvalue weighted by Gasteiger charge is -2.42. The minimum absolute atomic E-state index is 0.397. The van der Waals surface area contributed by atoms with Crippen LogP contribution in [0.1, 0.15) is 59.6 Å². The van der Waals surface area contributed by atoms with Gasteiger partial charge in [-0.1, -0.05) is 58.0 Å². The van der Waals surface area contributed by atoms with E-state index in [1.54, 1.807) is 0 Å². The molecule has 0 spiro atoms. The molecule has 2 nitrogen and oxygen atoms in total. The van der Waals surface area contributed by atoms with E-state index in [4.69, 9.17) is 0 Å². The molecule has 2 unspecified atom stereocenters. The average molecular weight is 290 g/mol. The number of nitrogens with zero attached hydrogens (tertiary/aromatic N) is 1. The van der Waals surface area contributed by atoms with Crippen LogP contribution in [0, 0.1) is 5.92 Å². The number of hydrogen-bond donors (Lipinski definition) is 1. The van der Waals surface area contributed by atoms with Gasteiger partial charge < -0.3 is 5.32 Å². The van der Waals surface area contributed by atoms with Gasteiger partial charge in [0.1, 0.15) is 0 Å². The van der Waals surface area contributed by atoms with Crippen molar-refractivity contribution in [2.45, 2.75) is 66.1 Å². The summed E-state index contributed by atoms with van der Waals surface area (Å²) in [4.78, 5) is 2.63. The van der Waals surface area contributed by atoms with Crippen molar-refractivity contribution in [3.8, 4) is 0 Å². The van der Waals surface area contributed by atoms with Gasteiger partial charge in [0.05, 0.1) is 0 Å². The normalized spacial score (nSPS) is 14.9. The second-order valence-electron chi connectivity index (χ2n) is 6.50. The molecule has 0 aliphatic rings. The Kier molecular flexibility index (Phi) is 7.98. The van der Waals surface area contributed by atoms with Crippen LogP contribution in [0.25, 0.3) is 0 Å². The zero-order valence-corrected chi connectivity index (χ0v) is 14.8. The first-order chi connectivity index (χ1) is 10.0. The van der Waals surface area contributed by atoms with E-state index in [1.165, 1.54) is 12.0 Å². The molecule has 2 atom stereocenters. The van der Waals surface area contributed by atoms with Crippen molar-refractivity contribution in [2.24, 2.45) is 5.92 Å². The molecule has 0 amide bonds. The van der Waals surface area contributed by atoms with Crippen molar-refractivity contribution in [2.75, 3.05) is 13.1 Å². The predicted octanol–water partition coefficient (Wildman–Crippen LogP) is 4.48. The molecule has 21 heavy (non-hydrogen) atoms. The second kappa shape index (κ2) is 9.22. The molecule has 0 bridgehead atoms. The summed E-state index contributed by atoms with van der Waals surface area (Å²) in [7, 11) is 0. The van der Waals surface area contributed by atoms with E-state index in [0.717, 1.165) is 13.1 Å². The fourth-order valence-corrected chi connectivity index (χ4v) is 3.28. The van der Waals surface area contributed by atoms with E-state index in [9.17, 15) is 0 Å². The van der Waals surface area contributed by atoms with E-state index < -0.39 is 0 Å². The molecule has 0 heterocycles. The highest BCUT2D eigenvalue weighted by Crippen LogP contribution is 2.28. The van der Waals surface area contributed by atoms with Gasteiger partial charge in [0, 0.05) is 18.1 Å². The molecule has 1 N–H and O–H groups in total. The van der Waals surface area contributed by atoms with Gasteiger partial charge in [0.15, 0.2) is 0 Å². The largest absolute Gasteiger partial charge is 0.309 e. The molecule has 0 aliphatic heterocycles. The van der Waals surface area contributed by atoms with Crippen LogP contribution in [0.3, 0.4) is 0 Å². The maximum atomic E-state index is 3.80. The molecular weight excluding hydrogens is 256 g/mol. The standard InChI is InChI=1S/C19H34N2/c1-7-14-20-18(17-12-10-9-11-13-17)19(15(3)4)21(8-2)16(5)6/h9-13,15-16,18-20H,7-8,14H2,1-6H3. The average Bonchev–Trinajstić information content (AvgIpc) is 2.47. The first kappa shape index (κ1) is 18.2. The van der Waals surface area contributed by atoms with Crippen LogP contribution in [-0.4, -0.2) is 30.1 Å². The van der Waals surface area contributed by atoms with Crippen LogP contribution >= 0.6 is 0 Å². The van der Waals surface area contributed by atoms with Crippen LogP contribution in [0.5, 0.6) is 0 Å². The van der Waals surface area contributed by atoms with Crippen molar-refractivity contribution < 1.29 is 0 Å². The third-order valence-electron chi connectivity index (χ3n) is 4.21. The van der Waals surface area contributed by atoms with Gasteiger partial charge in [-0.2, -0.15) is 0 Å². The Labute approximate surface area is 131 Å². The van der Waals surface area contributed by atoms with Crippen LogP contribution in [0.4, 0.5) is 0 Å². The molecule has 0 saturated heterocycles. The van der Waals surface area contributed by atoms with Gasteiger partial charge in [-0.3, -0.25) is 4.90 Å². The fourth-order valence-electron chi connectivity index (χ4n) is 3.28. The Morgan fingerprint density at radius 3 is 2.05 bits per heavy atom. The van der Waals surface area contributed by atoms with E-state index in [2.05, 4.69) is 82.1 Å². The minimum Gasteiger partial charge on any atom is -0.309 e. The summed E-state index contributed by atoms with van der Waals surface area (Å²) in [5, 5.41) is 3.80. The van der Waals surface area contributed by atoms with Crippen LogP contribution < -0.4 is 5.32 Å². The molecule has 0 aromatic heterocycles. The molecule has 120 valence electrons. The fraction of sp³-hybridized carbons (Fsp3) is 0.684. The van der Waals surface area contributed by atoms with Crippen molar-refractivity contribution in [3.63, 3.8) is 0 Å². The van der Waals surface area contributed by atoms with Crippen LogP contribution in [0.15, 0.2) is 30.3 Å². The quantitative estimate of drug-likeness (QED) is 0.721. The van der Waals surface area contributed by atoms with E-state index in [-0.39, 0.29) is 0 Å². The zero-order chi connectivity index (χ0) is 15.8. The summed E-state index contributed by atoms with van der Waals surface area (Å²) in [5.41, 5.74) is 1.41. The van der Waals surface area contributed by atoms with Crippen molar-refractivity contribution in [1.29, 1.82) is 0 Å². The van der Waals surface area contributed by atoms with Crippen molar-refractivity contribution in [1.82, 2.24) is 10.2 Å². The van der Waals surface area contributed by atoms with E-state index >= 15 is 0 Å². The summed E-state index contributed by atoms with van der Waals surface area (Å²) in [6.07, 6.45) is 1.17. The molecule has 1 rings (SSSR count). The Bertz CT molecular complexity index is 372. The highest BCUT2D eigenvalue weighted by atomic mass is 15.2. The molecule has 1 aromatic carbocycles. The SMILES string of the molecule is CCCNC(c1ccccc1)C(C(C)C)N(CC)C(C)C. The first-order valence-corrected chi connectivity index (χ1v) is 8.56. The molecule has 0 fully saturated rings. The number of nitrogens with one attached hydrogen (secondary N) is 1. The highest BCUT2D eigenvalue weighted by molar-refractivity contribution is 5.21.